The summed E-state index contributed by atoms with van der Waals surface area (Å²) in [5.41, 5.74) is 3.74. The number of likely N-dealkylation sites (tertiary alicyclic amines) is 1. The predicted octanol–water partition coefficient (Wildman–Crippen LogP) is 3.94. The van der Waals surface area contributed by atoms with Crippen molar-refractivity contribution in [3.63, 3.8) is 0 Å². The molecule has 1 unspecified atom stereocenters. The Kier molecular flexibility index (Phi) is 3.61. The van der Waals surface area contributed by atoms with Crippen LogP contribution in [-0.2, 0) is 17.6 Å². The molecule has 0 saturated carbocycles. The molecular weight excluding hydrogens is 296 g/mol. The third kappa shape index (κ3) is 2.41. The average molecular weight is 317 g/mol. The summed E-state index contributed by atoms with van der Waals surface area (Å²) in [6.07, 6.45) is 6.36. The van der Waals surface area contributed by atoms with Crippen LogP contribution >= 0.6 is 11.6 Å². The van der Waals surface area contributed by atoms with Crippen LogP contribution in [-0.4, -0.2) is 28.9 Å². The zero-order valence-corrected chi connectivity index (χ0v) is 13.5. The SMILES string of the molecule is O=C(C1CCc2[nH]c3ccc(Cl)cc3c2C1)N1CCCCC1. The van der Waals surface area contributed by atoms with Crippen LogP contribution in [0.2, 0.25) is 5.02 Å². The van der Waals surface area contributed by atoms with Crippen LogP contribution in [0.5, 0.6) is 0 Å². The van der Waals surface area contributed by atoms with Gasteiger partial charge >= 0.3 is 0 Å². The fraction of sp³-hybridized carbons (Fsp3) is 0.500. The molecule has 116 valence electrons. The van der Waals surface area contributed by atoms with E-state index in [0.29, 0.717) is 5.91 Å². The van der Waals surface area contributed by atoms with Crippen molar-refractivity contribution in [3.05, 3.63) is 34.5 Å². The number of benzene rings is 1. The van der Waals surface area contributed by atoms with Gasteiger partial charge in [-0.05, 0) is 62.3 Å². The van der Waals surface area contributed by atoms with Gasteiger partial charge in [-0.15, -0.1) is 0 Å². The van der Waals surface area contributed by atoms with Crippen molar-refractivity contribution in [1.29, 1.82) is 0 Å². The molecule has 4 heteroatoms. The van der Waals surface area contributed by atoms with Crippen LogP contribution in [0.3, 0.4) is 0 Å². The Morgan fingerprint density at radius 3 is 2.86 bits per heavy atom. The number of amides is 1. The second kappa shape index (κ2) is 5.62. The second-order valence-electron chi connectivity index (χ2n) is 6.60. The number of piperidine rings is 1. The lowest BCUT2D eigenvalue weighted by Gasteiger charge is -2.32. The average Bonchev–Trinajstić information content (AvgIpc) is 2.92. The van der Waals surface area contributed by atoms with E-state index in [1.54, 1.807) is 0 Å². The van der Waals surface area contributed by atoms with Gasteiger partial charge in [-0.2, -0.15) is 0 Å². The Balaban J connectivity index is 1.61. The normalized spacial score (nSPS) is 21.9. The van der Waals surface area contributed by atoms with Gasteiger partial charge in [-0.1, -0.05) is 11.6 Å². The molecule has 0 bridgehead atoms. The van der Waals surface area contributed by atoms with Gasteiger partial charge in [-0.25, -0.2) is 0 Å². The molecule has 1 saturated heterocycles. The largest absolute Gasteiger partial charge is 0.358 e. The molecule has 2 aliphatic rings. The summed E-state index contributed by atoms with van der Waals surface area (Å²) in [7, 11) is 0. The number of H-pyrrole nitrogens is 1. The maximum Gasteiger partial charge on any atom is 0.226 e. The molecular formula is C18H21ClN2O. The van der Waals surface area contributed by atoms with Crippen LogP contribution in [0, 0.1) is 5.92 Å². The Labute approximate surface area is 135 Å². The first-order valence-electron chi connectivity index (χ1n) is 8.30. The number of nitrogens with zero attached hydrogens (tertiary/aromatic N) is 1. The van der Waals surface area contributed by atoms with Gasteiger partial charge in [0.15, 0.2) is 0 Å². The van der Waals surface area contributed by atoms with Crippen molar-refractivity contribution in [3.8, 4) is 0 Å². The molecule has 2 heterocycles. The minimum Gasteiger partial charge on any atom is -0.358 e. The van der Waals surface area contributed by atoms with E-state index in [4.69, 9.17) is 11.6 Å². The van der Waals surface area contributed by atoms with Crippen LogP contribution in [0.15, 0.2) is 18.2 Å². The molecule has 1 aromatic carbocycles. The van der Waals surface area contributed by atoms with Crippen molar-refractivity contribution >= 4 is 28.4 Å². The molecule has 1 aliphatic carbocycles. The van der Waals surface area contributed by atoms with Crippen LogP contribution < -0.4 is 0 Å². The molecule has 0 radical (unpaired) electrons. The number of nitrogens with one attached hydrogen (secondary N) is 1. The molecule has 2 aromatic rings. The third-order valence-corrected chi connectivity index (χ3v) is 5.40. The molecule has 1 amide bonds. The molecule has 4 rings (SSSR count). The fourth-order valence-corrected chi connectivity index (χ4v) is 4.14. The number of fused-ring (bicyclic) bond motifs is 3. The molecule has 1 aliphatic heterocycles. The van der Waals surface area contributed by atoms with Crippen molar-refractivity contribution in [1.82, 2.24) is 9.88 Å². The minimum absolute atomic E-state index is 0.142. The quantitative estimate of drug-likeness (QED) is 0.850. The molecule has 1 N–H and O–H groups in total. The van der Waals surface area contributed by atoms with Crippen LogP contribution in [0.4, 0.5) is 0 Å². The number of rotatable bonds is 1. The van der Waals surface area contributed by atoms with E-state index in [-0.39, 0.29) is 5.92 Å². The van der Waals surface area contributed by atoms with Crippen LogP contribution in [0.1, 0.15) is 36.9 Å². The second-order valence-corrected chi connectivity index (χ2v) is 7.03. The number of aromatic nitrogens is 1. The molecule has 1 atom stereocenters. The van der Waals surface area contributed by atoms with E-state index < -0.39 is 0 Å². The highest BCUT2D eigenvalue weighted by molar-refractivity contribution is 6.31. The van der Waals surface area contributed by atoms with Crippen LogP contribution in [0.25, 0.3) is 10.9 Å². The summed E-state index contributed by atoms with van der Waals surface area (Å²) in [4.78, 5) is 18.4. The lowest BCUT2D eigenvalue weighted by atomic mass is 9.85. The highest BCUT2D eigenvalue weighted by Crippen LogP contribution is 2.34. The number of halogens is 1. The lowest BCUT2D eigenvalue weighted by molar-refractivity contribution is -0.136. The lowest BCUT2D eigenvalue weighted by Crippen LogP contribution is -2.41. The van der Waals surface area contributed by atoms with Crippen molar-refractivity contribution < 1.29 is 4.79 Å². The Bertz CT molecular complexity index is 715. The molecule has 3 nitrogen and oxygen atoms in total. The minimum atomic E-state index is 0.142. The van der Waals surface area contributed by atoms with E-state index in [1.165, 1.54) is 23.1 Å². The standard InChI is InChI=1S/C18H21ClN2O/c19-13-5-7-17-15(11-13)14-10-12(4-6-16(14)20-17)18(22)21-8-2-1-3-9-21/h5,7,11-12,20H,1-4,6,8-10H2. The molecule has 22 heavy (non-hydrogen) atoms. The first kappa shape index (κ1) is 14.1. The van der Waals surface area contributed by atoms with Gasteiger partial charge in [0.2, 0.25) is 5.91 Å². The van der Waals surface area contributed by atoms with E-state index in [0.717, 1.165) is 55.7 Å². The number of aromatic amines is 1. The summed E-state index contributed by atoms with van der Waals surface area (Å²) in [5, 5.41) is 1.96. The summed E-state index contributed by atoms with van der Waals surface area (Å²) in [6, 6.07) is 5.99. The van der Waals surface area contributed by atoms with Crippen molar-refractivity contribution in [2.75, 3.05) is 13.1 Å². The van der Waals surface area contributed by atoms with E-state index in [2.05, 4.69) is 9.88 Å². The Morgan fingerprint density at radius 2 is 2.05 bits per heavy atom. The summed E-state index contributed by atoms with van der Waals surface area (Å²) >= 11 is 6.15. The predicted molar refractivity (Wildman–Crippen MR) is 89.3 cm³/mol. The molecule has 0 spiro atoms. The fourth-order valence-electron chi connectivity index (χ4n) is 3.97. The number of aryl methyl sites for hydroxylation is 1. The zero-order valence-electron chi connectivity index (χ0n) is 12.7. The highest BCUT2D eigenvalue weighted by atomic mass is 35.5. The van der Waals surface area contributed by atoms with E-state index in [9.17, 15) is 4.79 Å². The van der Waals surface area contributed by atoms with E-state index in [1.807, 2.05) is 18.2 Å². The smallest absolute Gasteiger partial charge is 0.226 e. The summed E-state index contributed by atoms with van der Waals surface area (Å²) < 4.78 is 0. The third-order valence-electron chi connectivity index (χ3n) is 5.17. The summed E-state index contributed by atoms with van der Waals surface area (Å²) in [6.45, 7) is 1.89. The van der Waals surface area contributed by atoms with Gasteiger partial charge in [-0.3, -0.25) is 4.79 Å². The number of carbonyl (C=O) groups is 1. The Hall–Kier alpha value is -1.48. The topological polar surface area (TPSA) is 36.1 Å². The van der Waals surface area contributed by atoms with Gasteiger partial charge in [0.05, 0.1) is 0 Å². The maximum atomic E-state index is 12.8. The maximum absolute atomic E-state index is 12.8. The van der Waals surface area contributed by atoms with E-state index >= 15 is 0 Å². The molecule has 1 aromatic heterocycles. The number of carbonyl (C=O) groups excluding carboxylic acids is 1. The van der Waals surface area contributed by atoms with Crippen molar-refractivity contribution in [2.24, 2.45) is 5.92 Å². The van der Waals surface area contributed by atoms with Gasteiger partial charge < -0.3 is 9.88 Å². The monoisotopic (exact) mass is 316 g/mol. The number of hydrogen-bond donors (Lipinski definition) is 1. The first-order chi connectivity index (χ1) is 10.7. The number of hydrogen-bond acceptors (Lipinski definition) is 1. The molecule has 1 fully saturated rings. The van der Waals surface area contributed by atoms with Gasteiger partial charge in [0.25, 0.3) is 0 Å². The highest BCUT2D eigenvalue weighted by Gasteiger charge is 2.30. The van der Waals surface area contributed by atoms with Gasteiger partial charge in [0.1, 0.15) is 0 Å². The van der Waals surface area contributed by atoms with Gasteiger partial charge in [0, 0.05) is 40.6 Å². The zero-order chi connectivity index (χ0) is 15.1. The first-order valence-corrected chi connectivity index (χ1v) is 8.68. The van der Waals surface area contributed by atoms with Crippen molar-refractivity contribution in [2.45, 2.75) is 38.5 Å². The summed E-state index contributed by atoms with van der Waals surface area (Å²) in [5.74, 6) is 0.505. The Morgan fingerprint density at radius 1 is 1.23 bits per heavy atom.